The standard InChI is InChI=1S/C12H15ClN4OS/c1-7-10(14)11(17(3)15-7)12(18)16(2)6-8-4-5-9(13)19-8/h4-5H,6,14H2,1-3H3. The van der Waals surface area contributed by atoms with Crippen LogP contribution in [0.3, 0.4) is 0 Å². The molecule has 2 aromatic heterocycles. The molecular weight excluding hydrogens is 284 g/mol. The summed E-state index contributed by atoms with van der Waals surface area (Å²) in [5.41, 5.74) is 7.41. The Morgan fingerprint density at radius 2 is 2.26 bits per heavy atom. The van der Waals surface area contributed by atoms with E-state index in [2.05, 4.69) is 5.10 Å². The molecule has 0 aromatic carbocycles. The summed E-state index contributed by atoms with van der Waals surface area (Å²) in [4.78, 5) is 15.0. The Balaban J connectivity index is 2.19. The van der Waals surface area contributed by atoms with Gasteiger partial charge in [0.05, 0.1) is 22.3 Å². The summed E-state index contributed by atoms with van der Waals surface area (Å²) in [7, 11) is 3.45. The van der Waals surface area contributed by atoms with Gasteiger partial charge in [-0.15, -0.1) is 11.3 Å². The number of nitrogens with two attached hydrogens (primary N) is 1. The number of nitrogen functional groups attached to an aromatic ring is 1. The zero-order chi connectivity index (χ0) is 14.2. The zero-order valence-electron chi connectivity index (χ0n) is 11.0. The molecule has 19 heavy (non-hydrogen) atoms. The van der Waals surface area contributed by atoms with E-state index in [4.69, 9.17) is 17.3 Å². The topological polar surface area (TPSA) is 64.2 Å². The molecule has 0 aliphatic heterocycles. The lowest BCUT2D eigenvalue weighted by Crippen LogP contribution is -2.28. The molecule has 0 unspecified atom stereocenters. The lowest BCUT2D eigenvalue weighted by molar-refractivity contribution is 0.0776. The predicted molar refractivity (Wildman–Crippen MR) is 77.5 cm³/mol. The third-order valence-electron chi connectivity index (χ3n) is 2.84. The molecule has 0 saturated heterocycles. The Morgan fingerprint density at radius 1 is 1.58 bits per heavy atom. The summed E-state index contributed by atoms with van der Waals surface area (Å²) in [6.45, 7) is 2.28. The number of anilines is 1. The van der Waals surface area contributed by atoms with E-state index in [1.54, 1.807) is 25.9 Å². The molecule has 2 aromatic rings. The van der Waals surface area contributed by atoms with Gasteiger partial charge in [-0.3, -0.25) is 9.48 Å². The van der Waals surface area contributed by atoms with Crippen LogP contribution in [0, 0.1) is 6.92 Å². The number of aryl methyl sites for hydroxylation is 2. The average Bonchev–Trinajstić information content (AvgIpc) is 2.84. The van der Waals surface area contributed by atoms with Crippen LogP contribution in [0.2, 0.25) is 4.34 Å². The molecule has 2 N–H and O–H groups in total. The van der Waals surface area contributed by atoms with E-state index in [1.165, 1.54) is 16.0 Å². The van der Waals surface area contributed by atoms with E-state index in [1.807, 2.05) is 12.1 Å². The van der Waals surface area contributed by atoms with Gasteiger partial charge in [-0.2, -0.15) is 5.10 Å². The number of amides is 1. The van der Waals surface area contributed by atoms with Gasteiger partial charge in [-0.25, -0.2) is 0 Å². The van der Waals surface area contributed by atoms with Gasteiger partial charge in [0.1, 0.15) is 5.69 Å². The molecule has 1 amide bonds. The fraction of sp³-hybridized carbons (Fsp3) is 0.333. The van der Waals surface area contributed by atoms with Gasteiger partial charge < -0.3 is 10.6 Å². The molecular formula is C12H15ClN4OS. The first kappa shape index (κ1) is 13.9. The van der Waals surface area contributed by atoms with E-state index in [-0.39, 0.29) is 5.91 Å². The number of rotatable bonds is 3. The molecule has 102 valence electrons. The molecule has 0 radical (unpaired) electrons. The first-order valence-electron chi connectivity index (χ1n) is 5.69. The van der Waals surface area contributed by atoms with E-state index in [0.29, 0.717) is 28.0 Å². The van der Waals surface area contributed by atoms with E-state index >= 15 is 0 Å². The Kier molecular flexibility index (Phi) is 3.82. The lowest BCUT2D eigenvalue weighted by atomic mass is 10.2. The first-order valence-corrected chi connectivity index (χ1v) is 6.88. The Labute approximate surface area is 120 Å². The molecule has 5 nitrogen and oxygen atoms in total. The van der Waals surface area contributed by atoms with Crippen LogP contribution >= 0.6 is 22.9 Å². The summed E-state index contributed by atoms with van der Waals surface area (Å²) in [5.74, 6) is -0.148. The molecule has 0 saturated carbocycles. The minimum absolute atomic E-state index is 0.148. The van der Waals surface area contributed by atoms with Crippen LogP contribution in [0.1, 0.15) is 21.1 Å². The minimum Gasteiger partial charge on any atom is -0.395 e. The summed E-state index contributed by atoms with van der Waals surface area (Å²) in [6, 6.07) is 3.73. The number of hydrogen-bond donors (Lipinski definition) is 1. The monoisotopic (exact) mass is 298 g/mol. The van der Waals surface area contributed by atoms with Gasteiger partial charge in [0, 0.05) is 19.0 Å². The van der Waals surface area contributed by atoms with Crippen molar-refractivity contribution in [3.63, 3.8) is 0 Å². The summed E-state index contributed by atoms with van der Waals surface area (Å²) >= 11 is 7.34. The third-order valence-corrected chi connectivity index (χ3v) is 4.06. The highest BCUT2D eigenvalue weighted by Crippen LogP contribution is 2.23. The van der Waals surface area contributed by atoms with Crippen LogP contribution in [0.5, 0.6) is 0 Å². The second kappa shape index (κ2) is 5.22. The number of halogens is 1. The average molecular weight is 299 g/mol. The maximum absolute atomic E-state index is 12.4. The van der Waals surface area contributed by atoms with Crippen molar-refractivity contribution in [2.24, 2.45) is 7.05 Å². The maximum Gasteiger partial charge on any atom is 0.274 e. The summed E-state index contributed by atoms with van der Waals surface area (Å²) in [5, 5.41) is 4.15. The maximum atomic E-state index is 12.4. The summed E-state index contributed by atoms with van der Waals surface area (Å²) < 4.78 is 2.23. The normalized spacial score (nSPS) is 10.7. The molecule has 0 aliphatic carbocycles. The van der Waals surface area contributed by atoms with E-state index < -0.39 is 0 Å². The van der Waals surface area contributed by atoms with Gasteiger partial charge in [0.15, 0.2) is 0 Å². The molecule has 0 bridgehead atoms. The van der Waals surface area contributed by atoms with E-state index in [0.717, 1.165) is 4.88 Å². The van der Waals surface area contributed by atoms with Crippen LogP contribution in [-0.4, -0.2) is 27.6 Å². The van der Waals surface area contributed by atoms with Crippen molar-refractivity contribution >= 4 is 34.5 Å². The number of carbonyl (C=O) groups excluding carboxylic acids is 1. The minimum atomic E-state index is -0.148. The molecule has 2 rings (SSSR count). The van der Waals surface area contributed by atoms with Gasteiger partial charge >= 0.3 is 0 Å². The fourth-order valence-corrected chi connectivity index (χ4v) is 2.99. The van der Waals surface area contributed by atoms with Crippen molar-refractivity contribution < 1.29 is 4.79 Å². The Morgan fingerprint density at radius 3 is 2.74 bits per heavy atom. The highest BCUT2D eigenvalue weighted by atomic mass is 35.5. The second-order valence-electron chi connectivity index (χ2n) is 4.34. The van der Waals surface area contributed by atoms with Crippen LogP contribution in [-0.2, 0) is 13.6 Å². The molecule has 0 atom stereocenters. The van der Waals surface area contributed by atoms with Crippen molar-refractivity contribution in [1.82, 2.24) is 14.7 Å². The number of carbonyl (C=O) groups is 1. The van der Waals surface area contributed by atoms with Gasteiger partial charge in [0.25, 0.3) is 5.91 Å². The van der Waals surface area contributed by atoms with Crippen molar-refractivity contribution in [2.45, 2.75) is 13.5 Å². The number of aromatic nitrogens is 2. The van der Waals surface area contributed by atoms with Crippen molar-refractivity contribution in [1.29, 1.82) is 0 Å². The molecule has 2 heterocycles. The smallest absolute Gasteiger partial charge is 0.274 e. The predicted octanol–water partition coefficient (Wildman–Crippen LogP) is 2.30. The Bertz CT molecular complexity index is 619. The van der Waals surface area contributed by atoms with Crippen LogP contribution < -0.4 is 5.73 Å². The highest BCUT2D eigenvalue weighted by Gasteiger charge is 2.21. The van der Waals surface area contributed by atoms with Crippen molar-refractivity contribution in [2.75, 3.05) is 12.8 Å². The van der Waals surface area contributed by atoms with Gasteiger partial charge in [0.2, 0.25) is 0 Å². The van der Waals surface area contributed by atoms with Crippen LogP contribution in [0.25, 0.3) is 0 Å². The first-order chi connectivity index (χ1) is 8.90. The highest BCUT2D eigenvalue weighted by molar-refractivity contribution is 7.16. The van der Waals surface area contributed by atoms with Crippen LogP contribution in [0.4, 0.5) is 5.69 Å². The number of nitrogens with zero attached hydrogens (tertiary/aromatic N) is 3. The molecule has 0 spiro atoms. The van der Waals surface area contributed by atoms with Gasteiger partial charge in [-0.1, -0.05) is 11.6 Å². The van der Waals surface area contributed by atoms with Gasteiger partial charge in [-0.05, 0) is 19.1 Å². The second-order valence-corrected chi connectivity index (χ2v) is 6.14. The number of hydrogen-bond acceptors (Lipinski definition) is 4. The zero-order valence-corrected chi connectivity index (χ0v) is 12.5. The van der Waals surface area contributed by atoms with Crippen molar-refractivity contribution in [3.05, 3.63) is 32.7 Å². The van der Waals surface area contributed by atoms with E-state index in [9.17, 15) is 4.79 Å². The van der Waals surface area contributed by atoms with Crippen LogP contribution in [0.15, 0.2) is 12.1 Å². The summed E-state index contributed by atoms with van der Waals surface area (Å²) in [6.07, 6.45) is 0. The molecule has 0 aliphatic rings. The number of thiophene rings is 1. The third kappa shape index (κ3) is 2.74. The Hall–Kier alpha value is -1.53. The molecule has 7 heteroatoms. The molecule has 0 fully saturated rings. The fourth-order valence-electron chi connectivity index (χ4n) is 1.85. The lowest BCUT2D eigenvalue weighted by Gasteiger charge is -2.16. The SMILES string of the molecule is Cc1nn(C)c(C(=O)N(C)Cc2ccc(Cl)s2)c1N. The quantitative estimate of drug-likeness (QED) is 0.945. The van der Waals surface area contributed by atoms with Crippen molar-refractivity contribution in [3.8, 4) is 0 Å². The largest absolute Gasteiger partial charge is 0.395 e.